The van der Waals surface area contributed by atoms with Gasteiger partial charge in [-0.05, 0) is 34.5 Å². The molecule has 3 nitrogen and oxygen atoms in total. The van der Waals surface area contributed by atoms with Crippen LogP contribution in [0.5, 0.6) is 0 Å². The van der Waals surface area contributed by atoms with Crippen LogP contribution >= 0.6 is 15.9 Å². The second-order valence-corrected chi connectivity index (χ2v) is 4.49. The fourth-order valence-electron chi connectivity index (χ4n) is 1.65. The Kier molecular flexibility index (Phi) is 3.49. The largest absolute Gasteiger partial charge is 0.381 e. The number of pyridine rings is 1. The van der Waals surface area contributed by atoms with Crippen LogP contribution in [-0.2, 0) is 16.0 Å². The van der Waals surface area contributed by atoms with Gasteiger partial charge in [-0.1, -0.05) is 0 Å². The fourth-order valence-corrected chi connectivity index (χ4v) is 2.04. The second kappa shape index (κ2) is 4.86. The lowest BCUT2D eigenvalue weighted by atomic mass is 9.99. The molecule has 0 radical (unpaired) electrons. The Morgan fingerprint density at radius 2 is 2.53 bits per heavy atom. The molecule has 0 aromatic carbocycles. The molecule has 1 atom stereocenters. The molecule has 1 aromatic rings. The van der Waals surface area contributed by atoms with E-state index < -0.39 is 0 Å². The summed E-state index contributed by atoms with van der Waals surface area (Å²) in [5.74, 6) is 0.297. The van der Waals surface area contributed by atoms with Gasteiger partial charge in [-0.25, -0.2) is 0 Å². The van der Waals surface area contributed by atoms with Crippen LogP contribution in [0.4, 0.5) is 0 Å². The predicted molar refractivity (Wildman–Crippen MR) is 59.6 cm³/mol. The Hall–Kier alpha value is -0.740. The quantitative estimate of drug-likeness (QED) is 0.843. The lowest BCUT2D eigenvalue weighted by Gasteiger charge is -2.06. The summed E-state index contributed by atoms with van der Waals surface area (Å²) < 4.78 is 6.09. The molecule has 2 rings (SSSR count). The van der Waals surface area contributed by atoms with Gasteiger partial charge in [0.05, 0.1) is 18.7 Å². The average Bonchev–Trinajstić information content (AvgIpc) is 2.74. The number of carbonyl (C=O) groups is 1. The summed E-state index contributed by atoms with van der Waals surface area (Å²) in [6, 6.07) is 3.75. The molecule has 1 saturated heterocycles. The van der Waals surface area contributed by atoms with Crippen LogP contribution < -0.4 is 0 Å². The highest BCUT2D eigenvalue weighted by Gasteiger charge is 2.24. The number of aromatic nitrogens is 1. The van der Waals surface area contributed by atoms with E-state index in [0.717, 1.165) is 16.6 Å². The summed E-state index contributed by atoms with van der Waals surface area (Å²) in [5, 5.41) is 0. The molecule has 1 aromatic heterocycles. The van der Waals surface area contributed by atoms with Crippen molar-refractivity contribution < 1.29 is 9.53 Å². The van der Waals surface area contributed by atoms with Crippen molar-refractivity contribution in [3.8, 4) is 0 Å². The summed E-state index contributed by atoms with van der Waals surface area (Å²) in [7, 11) is 0. The SMILES string of the molecule is O=C(Cc1ncccc1Br)C1CCOC1. The van der Waals surface area contributed by atoms with E-state index in [-0.39, 0.29) is 11.7 Å². The molecule has 0 bridgehead atoms. The van der Waals surface area contributed by atoms with E-state index >= 15 is 0 Å². The minimum Gasteiger partial charge on any atom is -0.381 e. The summed E-state index contributed by atoms with van der Waals surface area (Å²) in [6.07, 6.45) is 2.96. The number of halogens is 1. The van der Waals surface area contributed by atoms with Gasteiger partial charge >= 0.3 is 0 Å². The molecular weight excluding hydrogens is 258 g/mol. The Morgan fingerprint density at radius 3 is 3.20 bits per heavy atom. The van der Waals surface area contributed by atoms with Crippen molar-refractivity contribution in [3.63, 3.8) is 0 Å². The number of ketones is 1. The van der Waals surface area contributed by atoms with Crippen LogP contribution in [-0.4, -0.2) is 24.0 Å². The maximum Gasteiger partial charge on any atom is 0.144 e. The van der Waals surface area contributed by atoms with Crippen LogP contribution in [0.25, 0.3) is 0 Å². The highest BCUT2D eigenvalue weighted by molar-refractivity contribution is 9.10. The molecular formula is C11H12BrNO2. The number of hydrogen-bond acceptors (Lipinski definition) is 3. The number of nitrogens with zero attached hydrogens (tertiary/aromatic N) is 1. The normalized spacial score (nSPS) is 20.5. The number of Topliss-reactive ketones (excluding diaryl/α,β-unsaturated/α-hetero) is 1. The third-order valence-corrected chi connectivity index (χ3v) is 3.28. The summed E-state index contributed by atoms with van der Waals surface area (Å²) in [4.78, 5) is 16.0. The number of hydrogen-bond donors (Lipinski definition) is 0. The molecule has 0 aliphatic carbocycles. The molecule has 0 amide bonds. The zero-order valence-electron chi connectivity index (χ0n) is 8.28. The van der Waals surface area contributed by atoms with E-state index in [0.29, 0.717) is 19.6 Å². The summed E-state index contributed by atoms with van der Waals surface area (Å²) >= 11 is 3.39. The van der Waals surface area contributed by atoms with E-state index in [1.165, 1.54) is 0 Å². The molecule has 0 spiro atoms. The summed E-state index contributed by atoms with van der Waals surface area (Å²) in [5.41, 5.74) is 0.814. The van der Waals surface area contributed by atoms with Crippen molar-refractivity contribution in [2.45, 2.75) is 12.8 Å². The number of ether oxygens (including phenoxy) is 1. The molecule has 0 N–H and O–H groups in total. The highest BCUT2D eigenvalue weighted by Crippen LogP contribution is 2.19. The first-order valence-electron chi connectivity index (χ1n) is 4.97. The molecule has 80 valence electrons. The Balaban J connectivity index is 2.02. The van der Waals surface area contributed by atoms with Crippen LogP contribution in [0.15, 0.2) is 22.8 Å². The molecule has 1 aliphatic rings. The Bertz CT molecular complexity index is 361. The minimum atomic E-state index is 0.0684. The zero-order valence-corrected chi connectivity index (χ0v) is 9.87. The smallest absolute Gasteiger partial charge is 0.144 e. The Morgan fingerprint density at radius 1 is 1.67 bits per heavy atom. The van der Waals surface area contributed by atoms with Crippen molar-refractivity contribution in [1.82, 2.24) is 4.98 Å². The van der Waals surface area contributed by atoms with Gasteiger partial charge in [-0.2, -0.15) is 0 Å². The molecule has 2 heterocycles. The van der Waals surface area contributed by atoms with Crippen molar-refractivity contribution in [2.24, 2.45) is 5.92 Å². The van der Waals surface area contributed by atoms with Gasteiger partial charge in [-0.3, -0.25) is 9.78 Å². The standard InChI is InChI=1S/C11H12BrNO2/c12-9-2-1-4-13-10(9)6-11(14)8-3-5-15-7-8/h1-2,4,8H,3,5-7H2. The van der Waals surface area contributed by atoms with Gasteiger partial charge in [0.25, 0.3) is 0 Å². The minimum absolute atomic E-state index is 0.0684. The second-order valence-electron chi connectivity index (χ2n) is 3.64. The highest BCUT2D eigenvalue weighted by atomic mass is 79.9. The molecule has 1 fully saturated rings. The molecule has 0 saturated carbocycles. The van der Waals surface area contributed by atoms with Gasteiger partial charge in [0, 0.05) is 23.2 Å². The van der Waals surface area contributed by atoms with Gasteiger partial charge in [0.1, 0.15) is 5.78 Å². The van der Waals surface area contributed by atoms with Crippen LogP contribution in [0.1, 0.15) is 12.1 Å². The lowest BCUT2D eigenvalue weighted by Crippen LogP contribution is -2.17. The van der Waals surface area contributed by atoms with Crippen LogP contribution in [0.2, 0.25) is 0 Å². The van der Waals surface area contributed by atoms with Gasteiger partial charge in [-0.15, -0.1) is 0 Å². The van der Waals surface area contributed by atoms with Crippen molar-refractivity contribution in [1.29, 1.82) is 0 Å². The van der Waals surface area contributed by atoms with Gasteiger partial charge in [0.15, 0.2) is 0 Å². The first-order chi connectivity index (χ1) is 7.27. The zero-order chi connectivity index (χ0) is 10.7. The third-order valence-electron chi connectivity index (χ3n) is 2.56. The van der Waals surface area contributed by atoms with E-state index in [1.807, 2.05) is 12.1 Å². The van der Waals surface area contributed by atoms with Crippen molar-refractivity contribution in [3.05, 3.63) is 28.5 Å². The topological polar surface area (TPSA) is 39.2 Å². The molecule has 1 aliphatic heterocycles. The fraction of sp³-hybridized carbons (Fsp3) is 0.455. The number of rotatable bonds is 3. The first-order valence-corrected chi connectivity index (χ1v) is 5.76. The first kappa shape index (κ1) is 10.8. The van der Waals surface area contributed by atoms with Crippen molar-refractivity contribution >= 4 is 21.7 Å². The van der Waals surface area contributed by atoms with E-state index in [1.54, 1.807) is 6.20 Å². The van der Waals surface area contributed by atoms with Crippen LogP contribution in [0, 0.1) is 5.92 Å². The van der Waals surface area contributed by atoms with Crippen molar-refractivity contribution in [2.75, 3.05) is 13.2 Å². The third kappa shape index (κ3) is 2.63. The van der Waals surface area contributed by atoms with E-state index in [2.05, 4.69) is 20.9 Å². The van der Waals surface area contributed by atoms with Gasteiger partial charge in [0.2, 0.25) is 0 Å². The average molecular weight is 270 g/mol. The van der Waals surface area contributed by atoms with E-state index in [4.69, 9.17) is 4.74 Å². The number of carbonyl (C=O) groups excluding carboxylic acids is 1. The maximum atomic E-state index is 11.8. The molecule has 15 heavy (non-hydrogen) atoms. The predicted octanol–water partition coefficient (Wildman–Crippen LogP) is 1.99. The Labute approximate surface area is 97.0 Å². The van der Waals surface area contributed by atoms with Gasteiger partial charge < -0.3 is 4.74 Å². The maximum absolute atomic E-state index is 11.8. The molecule has 4 heteroatoms. The monoisotopic (exact) mass is 269 g/mol. The summed E-state index contributed by atoms with van der Waals surface area (Å²) in [6.45, 7) is 1.28. The molecule has 1 unspecified atom stereocenters. The lowest BCUT2D eigenvalue weighted by molar-refractivity contribution is -0.122. The van der Waals surface area contributed by atoms with Crippen LogP contribution in [0.3, 0.4) is 0 Å². The van der Waals surface area contributed by atoms with E-state index in [9.17, 15) is 4.79 Å².